The molecule has 0 aliphatic heterocycles. The van der Waals surface area contributed by atoms with Crippen molar-refractivity contribution in [3.8, 4) is 0 Å². The topological polar surface area (TPSA) is 99.1 Å². The number of aliphatic carboxylic acids is 1. The van der Waals surface area contributed by atoms with Crippen molar-refractivity contribution in [2.45, 2.75) is 199 Å². The SMILES string of the molecule is CC/C=C/C/C=C/C/C=C/C/C=C/CCCCCCCCCC(=O)OC(COCCC(C(=O)O)[N+](C)(C)C)COC(=O)CCCCC/C=C/C=C/CCCCCCCCC. The summed E-state index contributed by atoms with van der Waals surface area (Å²) in [7, 11) is 5.51. The molecule has 0 aliphatic rings. The van der Waals surface area contributed by atoms with Crippen LogP contribution in [0.5, 0.6) is 0 Å². The van der Waals surface area contributed by atoms with Gasteiger partial charge in [-0.05, 0) is 77.0 Å². The Balaban J connectivity index is 4.37. The van der Waals surface area contributed by atoms with Crippen molar-refractivity contribution in [1.82, 2.24) is 0 Å². The highest BCUT2D eigenvalue weighted by molar-refractivity contribution is 5.72. The number of esters is 2. The molecule has 1 N–H and O–H groups in total. The van der Waals surface area contributed by atoms with Crippen molar-refractivity contribution in [3.63, 3.8) is 0 Å². The van der Waals surface area contributed by atoms with Crippen LogP contribution in [0.2, 0.25) is 0 Å². The molecule has 0 aromatic rings. The van der Waals surface area contributed by atoms with Crippen molar-refractivity contribution >= 4 is 17.9 Å². The zero-order chi connectivity index (χ0) is 44.2. The molecule has 8 heteroatoms. The molecule has 0 radical (unpaired) electrons. The lowest BCUT2D eigenvalue weighted by molar-refractivity contribution is -0.887. The number of hydrogen-bond acceptors (Lipinski definition) is 6. The fraction of sp³-hybridized carbons (Fsp3) is 0.712. The van der Waals surface area contributed by atoms with E-state index in [9.17, 15) is 19.5 Å². The summed E-state index contributed by atoms with van der Waals surface area (Å²) in [5.41, 5.74) is 0. The van der Waals surface area contributed by atoms with E-state index in [2.05, 4.69) is 86.8 Å². The van der Waals surface area contributed by atoms with Crippen LogP contribution in [0, 0.1) is 0 Å². The van der Waals surface area contributed by atoms with E-state index in [1.165, 1.54) is 64.2 Å². The zero-order valence-electron chi connectivity index (χ0n) is 39.1. The van der Waals surface area contributed by atoms with Crippen molar-refractivity contribution in [3.05, 3.63) is 72.9 Å². The Hall–Kier alpha value is -3.23. The Bertz CT molecular complexity index is 1210. The highest BCUT2D eigenvalue weighted by Crippen LogP contribution is 2.14. The van der Waals surface area contributed by atoms with E-state index in [0.717, 1.165) is 89.9 Å². The predicted octanol–water partition coefficient (Wildman–Crippen LogP) is 13.5. The van der Waals surface area contributed by atoms with Gasteiger partial charge in [0.2, 0.25) is 0 Å². The quantitative estimate of drug-likeness (QED) is 0.0215. The van der Waals surface area contributed by atoms with Crippen LogP contribution in [0.4, 0.5) is 0 Å². The first kappa shape index (κ1) is 56.8. The summed E-state index contributed by atoms with van der Waals surface area (Å²) in [6, 6.07) is -0.624. The van der Waals surface area contributed by atoms with Gasteiger partial charge in [0.1, 0.15) is 6.61 Å². The van der Waals surface area contributed by atoms with Crippen LogP contribution >= 0.6 is 0 Å². The van der Waals surface area contributed by atoms with E-state index in [1.807, 2.05) is 21.1 Å². The number of carboxylic acid groups (broad SMARTS) is 1. The van der Waals surface area contributed by atoms with Crippen molar-refractivity contribution in [2.75, 3.05) is 41.0 Å². The number of unbranched alkanes of at least 4 members (excludes halogenated alkanes) is 17. The smallest absolute Gasteiger partial charge is 0.362 e. The number of nitrogens with zero attached hydrogens (tertiary/aromatic N) is 1. The third-order valence-electron chi connectivity index (χ3n) is 10.4. The summed E-state index contributed by atoms with van der Waals surface area (Å²) in [5.74, 6) is -1.52. The summed E-state index contributed by atoms with van der Waals surface area (Å²) >= 11 is 0. The highest BCUT2D eigenvalue weighted by atomic mass is 16.6. The van der Waals surface area contributed by atoms with E-state index < -0.39 is 18.1 Å². The summed E-state index contributed by atoms with van der Waals surface area (Å²) in [6.45, 7) is 4.58. The highest BCUT2D eigenvalue weighted by Gasteiger charge is 2.31. The molecule has 0 aromatic heterocycles. The minimum atomic E-state index is -0.883. The van der Waals surface area contributed by atoms with Gasteiger partial charge in [0.25, 0.3) is 0 Å². The number of hydrogen-bond donors (Lipinski definition) is 1. The molecule has 0 spiro atoms. The molecule has 0 aromatic carbocycles. The first-order chi connectivity index (χ1) is 29.1. The molecule has 0 saturated heterocycles. The van der Waals surface area contributed by atoms with Gasteiger partial charge in [-0.3, -0.25) is 9.59 Å². The van der Waals surface area contributed by atoms with Gasteiger partial charge in [-0.15, -0.1) is 0 Å². The predicted molar refractivity (Wildman–Crippen MR) is 252 cm³/mol. The van der Waals surface area contributed by atoms with E-state index in [1.54, 1.807) is 0 Å². The number of ether oxygens (including phenoxy) is 3. The van der Waals surface area contributed by atoms with Gasteiger partial charge in [-0.25, -0.2) is 4.79 Å². The molecule has 0 fully saturated rings. The average Bonchev–Trinajstić information content (AvgIpc) is 3.21. The molecule has 2 unspecified atom stereocenters. The van der Waals surface area contributed by atoms with Crippen LogP contribution in [0.15, 0.2) is 72.9 Å². The van der Waals surface area contributed by atoms with Gasteiger partial charge in [0.05, 0.1) is 34.4 Å². The monoisotopic (exact) mass is 841 g/mol. The van der Waals surface area contributed by atoms with Gasteiger partial charge >= 0.3 is 17.9 Å². The van der Waals surface area contributed by atoms with Crippen LogP contribution in [-0.4, -0.2) is 80.6 Å². The largest absolute Gasteiger partial charge is 0.477 e. The van der Waals surface area contributed by atoms with Gasteiger partial charge in [-0.1, -0.05) is 164 Å². The maximum Gasteiger partial charge on any atom is 0.362 e. The van der Waals surface area contributed by atoms with Crippen LogP contribution in [0.3, 0.4) is 0 Å². The van der Waals surface area contributed by atoms with Crippen LogP contribution < -0.4 is 0 Å². The van der Waals surface area contributed by atoms with Gasteiger partial charge < -0.3 is 23.8 Å². The maximum atomic E-state index is 12.8. The number of carbonyl (C=O) groups is 3. The lowest BCUT2D eigenvalue weighted by atomic mass is 10.1. The van der Waals surface area contributed by atoms with Gasteiger partial charge in [-0.2, -0.15) is 0 Å². The molecule has 2 atom stereocenters. The Kier molecular flexibility index (Phi) is 40.2. The fourth-order valence-electron chi connectivity index (χ4n) is 6.66. The minimum absolute atomic E-state index is 0.0449. The first-order valence-corrected chi connectivity index (χ1v) is 24.0. The molecule has 344 valence electrons. The Morgan fingerprint density at radius 3 is 1.50 bits per heavy atom. The standard InChI is InChI=1S/C52H89NO7/c1-6-8-10-12-14-16-18-20-22-24-25-26-27-29-31-33-35-37-39-41-43-51(55)60-48(46-58-45-44-49(52(56)57)53(3,4)5)47-59-50(54)42-40-38-36-34-32-30-28-23-21-19-17-15-13-11-9-7-2/h8,10,14,16,20,22-23,25-26,28,30,32,48-49H,6-7,9,11-13,15,17-19,21,24,27,29,31,33-47H2,1-5H3/p+1/b10-8+,16-14+,22-20+,26-25+,28-23+,32-30+. The number of carboxylic acids is 1. The molecule has 60 heavy (non-hydrogen) atoms. The van der Waals surface area contributed by atoms with E-state index in [4.69, 9.17) is 14.2 Å². The first-order valence-electron chi connectivity index (χ1n) is 24.0. The lowest BCUT2D eigenvalue weighted by Crippen LogP contribution is -2.50. The van der Waals surface area contributed by atoms with E-state index >= 15 is 0 Å². The van der Waals surface area contributed by atoms with Crippen LogP contribution in [0.25, 0.3) is 0 Å². The molecule has 8 nitrogen and oxygen atoms in total. The molecular weight excluding hydrogens is 751 g/mol. The third kappa shape index (κ3) is 40.2. The second-order valence-corrected chi connectivity index (χ2v) is 17.0. The normalized spacial score (nSPS) is 13.6. The summed E-state index contributed by atoms with van der Waals surface area (Å²) in [6.07, 6.45) is 53.7. The summed E-state index contributed by atoms with van der Waals surface area (Å²) in [5, 5.41) is 9.64. The maximum absolute atomic E-state index is 12.8. The Labute approximate surface area is 368 Å². The molecule has 0 amide bonds. The number of allylic oxidation sites excluding steroid dienone is 12. The van der Waals surface area contributed by atoms with Crippen molar-refractivity contribution in [1.29, 1.82) is 0 Å². The summed E-state index contributed by atoms with van der Waals surface area (Å²) < 4.78 is 17.3. The van der Waals surface area contributed by atoms with Crippen molar-refractivity contribution in [2.24, 2.45) is 0 Å². The summed E-state index contributed by atoms with van der Waals surface area (Å²) in [4.78, 5) is 37.1. The van der Waals surface area contributed by atoms with Crippen molar-refractivity contribution < 1.29 is 38.2 Å². The van der Waals surface area contributed by atoms with Crippen LogP contribution in [0.1, 0.15) is 187 Å². The Morgan fingerprint density at radius 1 is 0.533 bits per heavy atom. The zero-order valence-corrected chi connectivity index (χ0v) is 39.1. The van der Waals surface area contributed by atoms with E-state index in [0.29, 0.717) is 19.3 Å². The second kappa shape index (κ2) is 42.5. The van der Waals surface area contributed by atoms with Gasteiger partial charge in [0.15, 0.2) is 12.1 Å². The second-order valence-electron chi connectivity index (χ2n) is 17.0. The van der Waals surface area contributed by atoms with E-state index in [-0.39, 0.29) is 36.2 Å². The molecule has 0 bridgehead atoms. The molecule has 0 rings (SSSR count). The lowest BCUT2D eigenvalue weighted by Gasteiger charge is -2.31. The van der Waals surface area contributed by atoms with Gasteiger partial charge in [0, 0.05) is 19.3 Å². The van der Waals surface area contributed by atoms with Crippen LogP contribution in [-0.2, 0) is 28.6 Å². The number of quaternary nitrogens is 1. The number of rotatable bonds is 42. The Morgan fingerprint density at radius 2 is 0.983 bits per heavy atom. The molecule has 0 saturated carbocycles. The molecule has 0 heterocycles. The fourth-order valence-corrected chi connectivity index (χ4v) is 6.66. The number of likely N-dealkylation sites (N-methyl/N-ethyl adjacent to an activating group) is 1. The molecular formula is C52H90NO7+. The molecule has 0 aliphatic carbocycles. The minimum Gasteiger partial charge on any atom is -0.477 e. The third-order valence-corrected chi connectivity index (χ3v) is 10.4. The number of carbonyl (C=O) groups excluding carboxylic acids is 2. The average molecular weight is 841 g/mol.